The normalized spacial score (nSPS) is 21.3. The molecule has 0 radical (unpaired) electrons. The predicted octanol–water partition coefficient (Wildman–Crippen LogP) is 3.13. The molecule has 0 saturated carbocycles. The van der Waals surface area contributed by atoms with Gasteiger partial charge in [-0.2, -0.15) is 0 Å². The summed E-state index contributed by atoms with van der Waals surface area (Å²) in [4.78, 5) is 4.29. The standard InChI is InChI=1S/C15H9BrF2N2O3/c16-9-3-7-12(4-10(9)17)23-13-8(1-6(21)2-11(13)18)15(7)5-22-14(19)20-15/h1-4,21H,5H2,(H2,19,20)/t15-/m0/s1. The predicted molar refractivity (Wildman–Crippen MR) is 80.6 cm³/mol. The Morgan fingerprint density at radius 2 is 1.96 bits per heavy atom. The number of fused-ring (bicyclic) bond motifs is 4. The van der Waals surface area contributed by atoms with Crippen LogP contribution in [0, 0.1) is 11.6 Å². The Hall–Kier alpha value is -2.35. The fraction of sp³-hybridized carbons (Fsp3) is 0.133. The third kappa shape index (κ3) is 1.91. The van der Waals surface area contributed by atoms with Crippen molar-refractivity contribution in [3.05, 3.63) is 51.5 Å². The van der Waals surface area contributed by atoms with E-state index in [2.05, 4.69) is 20.9 Å². The highest BCUT2D eigenvalue weighted by Crippen LogP contribution is 2.53. The van der Waals surface area contributed by atoms with Gasteiger partial charge in [-0.25, -0.2) is 13.8 Å². The van der Waals surface area contributed by atoms with Crippen LogP contribution in [0.2, 0.25) is 0 Å². The maximum absolute atomic E-state index is 14.2. The van der Waals surface area contributed by atoms with Gasteiger partial charge < -0.3 is 20.3 Å². The molecule has 2 aromatic carbocycles. The maximum atomic E-state index is 14.2. The zero-order valence-electron chi connectivity index (χ0n) is 11.4. The van der Waals surface area contributed by atoms with Gasteiger partial charge >= 0.3 is 0 Å². The molecule has 0 aromatic heterocycles. The Labute approximate surface area is 137 Å². The van der Waals surface area contributed by atoms with Crippen LogP contribution in [-0.4, -0.2) is 17.7 Å². The number of hydrogen-bond donors (Lipinski definition) is 2. The van der Waals surface area contributed by atoms with E-state index in [0.29, 0.717) is 5.56 Å². The summed E-state index contributed by atoms with van der Waals surface area (Å²) >= 11 is 3.11. The molecule has 0 unspecified atom stereocenters. The molecule has 3 N–H and O–H groups in total. The molecule has 2 aliphatic heterocycles. The summed E-state index contributed by atoms with van der Waals surface area (Å²) in [7, 11) is 0. The number of hydrogen-bond acceptors (Lipinski definition) is 5. The van der Waals surface area contributed by atoms with Crippen molar-refractivity contribution in [1.29, 1.82) is 0 Å². The summed E-state index contributed by atoms with van der Waals surface area (Å²) < 4.78 is 39.1. The first-order valence-electron chi connectivity index (χ1n) is 6.59. The first-order valence-corrected chi connectivity index (χ1v) is 7.38. The minimum atomic E-state index is -1.21. The van der Waals surface area contributed by atoms with Gasteiger partial charge in [0.15, 0.2) is 17.1 Å². The van der Waals surface area contributed by atoms with Gasteiger partial charge in [-0.3, -0.25) is 0 Å². The Bertz CT molecular complexity index is 888. The van der Waals surface area contributed by atoms with E-state index in [9.17, 15) is 13.9 Å². The number of aromatic hydroxyl groups is 1. The number of halogens is 3. The molecule has 8 heteroatoms. The van der Waals surface area contributed by atoms with Crippen molar-refractivity contribution in [1.82, 2.24) is 0 Å². The van der Waals surface area contributed by atoms with Crippen LogP contribution >= 0.6 is 15.9 Å². The van der Waals surface area contributed by atoms with Crippen molar-refractivity contribution in [3.8, 4) is 17.2 Å². The fourth-order valence-electron chi connectivity index (χ4n) is 2.89. The Morgan fingerprint density at radius 1 is 1.17 bits per heavy atom. The van der Waals surface area contributed by atoms with Crippen molar-refractivity contribution < 1.29 is 23.4 Å². The number of ether oxygens (including phenoxy) is 2. The van der Waals surface area contributed by atoms with Crippen LogP contribution in [-0.2, 0) is 10.3 Å². The van der Waals surface area contributed by atoms with Gasteiger partial charge in [-0.15, -0.1) is 0 Å². The van der Waals surface area contributed by atoms with Crippen LogP contribution in [0.3, 0.4) is 0 Å². The van der Waals surface area contributed by atoms with Crippen LogP contribution in [0.15, 0.2) is 33.7 Å². The molecular weight excluding hydrogens is 374 g/mol. The third-order valence-electron chi connectivity index (χ3n) is 3.88. The molecule has 5 nitrogen and oxygen atoms in total. The van der Waals surface area contributed by atoms with Gasteiger partial charge in [0.2, 0.25) is 0 Å². The molecule has 1 atom stereocenters. The third-order valence-corrected chi connectivity index (χ3v) is 4.49. The topological polar surface area (TPSA) is 77.1 Å². The van der Waals surface area contributed by atoms with E-state index in [1.807, 2.05) is 0 Å². The summed E-state index contributed by atoms with van der Waals surface area (Å²) in [5.74, 6) is -1.65. The number of benzene rings is 2. The van der Waals surface area contributed by atoms with Crippen molar-refractivity contribution in [2.24, 2.45) is 10.7 Å². The second-order valence-electron chi connectivity index (χ2n) is 5.27. The molecule has 0 amide bonds. The molecule has 0 bridgehead atoms. The summed E-state index contributed by atoms with van der Waals surface area (Å²) in [6, 6.07) is 4.80. The number of phenolic OH excluding ortho intramolecular Hbond substituents is 1. The molecule has 0 fully saturated rings. The number of amidine groups is 1. The van der Waals surface area contributed by atoms with E-state index < -0.39 is 17.2 Å². The van der Waals surface area contributed by atoms with E-state index in [0.717, 1.165) is 12.1 Å². The minimum absolute atomic E-state index is 0.0108. The monoisotopic (exact) mass is 382 g/mol. The zero-order chi connectivity index (χ0) is 16.4. The lowest BCUT2D eigenvalue weighted by Gasteiger charge is -2.33. The summed E-state index contributed by atoms with van der Waals surface area (Å²) in [5, 5.41) is 9.74. The van der Waals surface area contributed by atoms with Crippen molar-refractivity contribution >= 4 is 22.0 Å². The molecule has 0 aliphatic carbocycles. The number of phenols is 1. The minimum Gasteiger partial charge on any atom is -0.508 e. The highest BCUT2D eigenvalue weighted by Gasteiger charge is 2.48. The second kappa shape index (κ2) is 4.58. The van der Waals surface area contributed by atoms with Gasteiger partial charge in [0, 0.05) is 23.3 Å². The molecule has 4 rings (SSSR count). The highest BCUT2D eigenvalue weighted by molar-refractivity contribution is 9.10. The lowest BCUT2D eigenvalue weighted by Crippen LogP contribution is -2.31. The van der Waals surface area contributed by atoms with Crippen LogP contribution in [0.1, 0.15) is 11.1 Å². The van der Waals surface area contributed by atoms with Crippen LogP contribution in [0.25, 0.3) is 0 Å². The maximum Gasteiger partial charge on any atom is 0.283 e. The van der Waals surface area contributed by atoms with Gasteiger partial charge in [0.05, 0.1) is 4.47 Å². The molecule has 1 spiro atoms. The van der Waals surface area contributed by atoms with E-state index in [1.165, 1.54) is 12.1 Å². The molecule has 2 aromatic rings. The van der Waals surface area contributed by atoms with Gasteiger partial charge in [-0.05, 0) is 28.1 Å². The van der Waals surface area contributed by atoms with Crippen molar-refractivity contribution in [2.75, 3.05) is 6.61 Å². The van der Waals surface area contributed by atoms with E-state index >= 15 is 0 Å². The molecule has 2 aliphatic rings. The number of nitrogens with zero attached hydrogens (tertiary/aromatic N) is 1. The van der Waals surface area contributed by atoms with Gasteiger partial charge in [0.25, 0.3) is 6.02 Å². The summed E-state index contributed by atoms with van der Waals surface area (Å²) in [6.07, 6.45) is 0. The number of rotatable bonds is 0. The number of nitrogens with two attached hydrogens (primary N) is 1. The second-order valence-corrected chi connectivity index (χ2v) is 6.12. The Balaban J connectivity index is 2.08. The first kappa shape index (κ1) is 14.3. The average molecular weight is 383 g/mol. The van der Waals surface area contributed by atoms with Gasteiger partial charge in [0.1, 0.15) is 23.9 Å². The van der Waals surface area contributed by atoms with E-state index in [-0.39, 0.29) is 39.9 Å². The Morgan fingerprint density at radius 3 is 2.65 bits per heavy atom. The van der Waals surface area contributed by atoms with Gasteiger partial charge in [-0.1, -0.05) is 0 Å². The summed E-state index contributed by atoms with van der Waals surface area (Å²) in [5.41, 5.74) is 5.16. The molecular formula is C15H9BrF2N2O3. The smallest absolute Gasteiger partial charge is 0.283 e. The molecule has 0 saturated heterocycles. The largest absolute Gasteiger partial charge is 0.508 e. The van der Waals surface area contributed by atoms with E-state index in [4.69, 9.17) is 15.2 Å². The quantitative estimate of drug-likeness (QED) is 0.733. The zero-order valence-corrected chi connectivity index (χ0v) is 13.0. The van der Waals surface area contributed by atoms with Crippen molar-refractivity contribution in [2.45, 2.75) is 5.54 Å². The van der Waals surface area contributed by atoms with Crippen LogP contribution in [0.5, 0.6) is 17.2 Å². The molecule has 23 heavy (non-hydrogen) atoms. The van der Waals surface area contributed by atoms with Crippen LogP contribution < -0.4 is 10.5 Å². The Kier molecular flexibility index (Phi) is 2.84. The lowest BCUT2D eigenvalue weighted by molar-refractivity contribution is 0.260. The lowest BCUT2D eigenvalue weighted by atomic mass is 9.81. The van der Waals surface area contributed by atoms with Crippen LogP contribution in [0.4, 0.5) is 8.78 Å². The molecule has 118 valence electrons. The average Bonchev–Trinajstić information content (AvgIpc) is 2.86. The first-order chi connectivity index (χ1) is 10.9. The fourth-order valence-corrected chi connectivity index (χ4v) is 3.23. The SMILES string of the molecule is NC1=N[C@@]2(CO1)c1cc(Br)c(F)cc1Oc1c(F)cc(O)cc12. The summed E-state index contributed by atoms with van der Waals surface area (Å²) in [6.45, 7) is -0.0108. The molecule has 2 heterocycles. The highest BCUT2D eigenvalue weighted by atomic mass is 79.9. The number of aliphatic imine (C=N–C) groups is 1. The van der Waals surface area contributed by atoms with E-state index in [1.54, 1.807) is 0 Å². The van der Waals surface area contributed by atoms with Crippen molar-refractivity contribution in [3.63, 3.8) is 0 Å².